The summed E-state index contributed by atoms with van der Waals surface area (Å²) in [5.74, 6) is 0.245. The van der Waals surface area contributed by atoms with Crippen molar-refractivity contribution in [1.82, 2.24) is 0 Å². The van der Waals surface area contributed by atoms with Crippen molar-refractivity contribution in [2.24, 2.45) is 0 Å². The highest BCUT2D eigenvalue weighted by atomic mass is 32.2. The van der Waals surface area contributed by atoms with Crippen molar-refractivity contribution >= 4 is 58.1 Å². The molecule has 2 amide bonds. The lowest BCUT2D eigenvalue weighted by Crippen LogP contribution is -2.29. The molecule has 2 atom stereocenters. The molecule has 182 valence electrons. The summed E-state index contributed by atoms with van der Waals surface area (Å²) < 4.78 is 0. The molecule has 0 bridgehead atoms. The van der Waals surface area contributed by atoms with Crippen molar-refractivity contribution in [2.75, 3.05) is 21.3 Å². The number of anilines is 2. The van der Waals surface area contributed by atoms with Crippen LogP contribution in [0.25, 0.3) is 0 Å². The molecule has 10 nitrogen and oxygen atoms in total. The number of nitrogens with zero attached hydrogens (tertiary/aromatic N) is 4. The Morgan fingerprint density at radius 2 is 1.06 bits per heavy atom. The van der Waals surface area contributed by atoms with Crippen LogP contribution in [0.4, 0.5) is 22.7 Å². The molecular formula is C24H18N4O6S2. The average molecular weight is 523 g/mol. The first-order valence-corrected chi connectivity index (χ1v) is 12.9. The van der Waals surface area contributed by atoms with E-state index in [4.69, 9.17) is 0 Å². The molecular weight excluding hydrogens is 504 g/mol. The van der Waals surface area contributed by atoms with Crippen LogP contribution in [0.15, 0.2) is 72.8 Å². The van der Waals surface area contributed by atoms with Gasteiger partial charge in [0.25, 0.3) is 11.4 Å². The van der Waals surface area contributed by atoms with Crippen LogP contribution >= 0.6 is 23.5 Å². The van der Waals surface area contributed by atoms with Crippen molar-refractivity contribution in [3.63, 3.8) is 0 Å². The van der Waals surface area contributed by atoms with E-state index in [1.54, 1.807) is 58.3 Å². The van der Waals surface area contributed by atoms with E-state index in [2.05, 4.69) is 0 Å². The molecule has 0 radical (unpaired) electrons. The fraction of sp³-hybridized carbons (Fsp3) is 0.167. The molecule has 0 N–H and O–H groups in total. The summed E-state index contributed by atoms with van der Waals surface area (Å²) in [4.78, 5) is 50.2. The lowest BCUT2D eigenvalue weighted by Gasteiger charge is -2.27. The van der Waals surface area contributed by atoms with E-state index in [0.29, 0.717) is 22.5 Å². The Hall–Kier alpha value is -3.90. The Morgan fingerprint density at radius 3 is 1.42 bits per heavy atom. The van der Waals surface area contributed by atoms with Crippen molar-refractivity contribution in [3.05, 3.63) is 104 Å². The second kappa shape index (κ2) is 9.63. The Morgan fingerprint density at radius 1 is 0.667 bits per heavy atom. The Kier molecular flexibility index (Phi) is 6.37. The maximum Gasteiger partial charge on any atom is 0.269 e. The number of non-ortho nitro benzene ring substituents is 2. The lowest BCUT2D eigenvalue weighted by atomic mass is 10.1. The second-order valence-corrected chi connectivity index (χ2v) is 10.2. The first kappa shape index (κ1) is 23.8. The normalized spacial score (nSPS) is 19.7. The summed E-state index contributed by atoms with van der Waals surface area (Å²) in [6, 6.07) is 19.4. The molecule has 2 saturated heterocycles. The van der Waals surface area contributed by atoms with Crippen molar-refractivity contribution < 1.29 is 19.4 Å². The second-order valence-electron chi connectivity index (χ2n) is 8.07. The molecule has 36 heavy (non-hydrogen) atoms. The standard InChI is InChI=1S/C24H18N4O6S2/c29-21-13-35-23(15-3-1-5-19(11-15)27(31)32)25(21)17-7-9-18(10-8-17)26-22(30)14-36-24(26)16-4-2-6-20(12-16)28(33)34/h1-12,23-24H,13-14H2/t23-,24-/m0/s1. The number of thioether (sulfide) groups is 2. The molecule has 2 aliphatic rings. The minimum atomic E-state index is -0.465. The van der Waals surface area contributed by atoms with Crippen molar-refractivity contribution in [3.8, 4) is 0 Å². The number of rotatable bonds is 6. The van der Waals surface area contributed by atoms with Gasteiger partial charge >= 0.3 is 0 Å². The Balaban J connectivity index is 1.43. The predicted octanol–water partition coefficient (Wildman–Crippen LogP) is 5.06. The van der Waals surface area contributed by atoms with Crippen molar-refractivity contribution in [1.29, 1.82) is 0 Å². The zero-order valence-electron chi connectivity index (χ0n) is 18.6. The topological polar surface area (TPSA) is 127 Å². The van der Waals surface area contributed by atoms with E-state index >= 15 is 0 Å². The zero-order valence-corrected chi connectivity index (χ0v) is 20.2. The van der Waals surface area contributed by atoms with Crippen LogP contribution in [-0.2, 0) is 9.59 Å². The molecule has 0 aliphatic carbocycles. The third-order valence-corrected chi connectivity index (χ3v) is 8.30. The van der Waals surface area contributed by atoms with E-state index in [0.717, 1.165) is 0 Å². The van der Waals surface area contributed by atoms with E-state index in [9.17, 15) is 29.8 Å². The van der Waals surface area contributed by atoms with Gasteiger partial charge in [-0.25, -0.2) is 0 Å². The van der Waals surface area contributed by atoms with E-state index in [-0.39, 0.29) is 34.7 Å². The first-order valence-electron chi connectivity index (χ1n) is 10.8. The minimum Gasteiger partial charge on any atom is -0.295 e. The van der Waals surface area contributed by atoms with Gasteiger partial charge in [-0.05, 0) is 35.4 Å². The molecule has 0 aromatic heterocycles. The van der Waals surface area contributed by atoms with E-state index in [1.807, 2.05) is 0 Å². The number of benzene rings is 3. The largest absolute Gasteiger partial charge is 0.295 e. The van der Waals surface area contributed by atoms with Gasteiger partial charge in [0, 0.05) is 35.6 Å². The van der Waals surface area contributed by atoms with Gasteiger partial charge in [0.2, 0.25) is 11.8 Å². The van der Waals surface area contributed by atoms with Crippen molar-refractivity contribution in [2.45, 2.75) is 10.7 Å². The number of nitro groups is 2. The van der Waals surface area contributed by atoms with Crippen LogP contribution in [0.5, 0.6) is 0 Å². The Bertz CT molecular complexity index is 1280. The van der Waals surface area contributed by atoms with Gasteiger partial charge < -0.3 is 0 Å². The quantitative estimate of drug-likeness (QED) is 0.325. The molecule has 2 fully saturated rings. The van der Waals surface area contributed by atoms with Crippen LogP contribution in [0, 0.1) is 20.2 Å². The van der Waals surface area contributed by atoms with Gasteiger partial charge in [-0.2, -0.15) is 0 Å². The summed E-state index contributed by atoms with van der Waals surface area (Å²) in [6.45, 7) is 0. The SMILES string of the molecule is O=C1CS[C@@H](c2cccc([N+](=O)[O-])c2)N1c1ccc(N2C(=O)CS[C@H]2c2cccc([N+](=O)[O-])c2)cc1. The molecule has 2 aliphatic heterocycles. The van der Waals surface area contributed by atoms with Gasteiger partial charge in [-0.3, -0.25) is 39.6 Å². The number of hydrogen-bond donors (Lipinski definition) is 0. The molecule has 0 spiro atoms. The van der Waals surface area contributed by atoms with Gasteiger partial charge in [0.05, 0.1) is 21.4 Å². The van der Waals surface area contributed by atoms with Gasteiger partial charge in [0.1, 0.15) is 10.7 Å². The maximum absolute atomic E-state index is 12.7. The summed E-state index contributed by atoms with van der Waals surface area (Å²) >= 11 is 2.78. The number of carbonyl (C=O) groups excluding carboxylic acids is 2. The molecule has 0 unspecified atom stereocenters. The summed E-state index contributed by atoms with van der Waals surface area (Å²) in [5.41, 5.74) is 2.44. The summed E-state index contributed by atoms with van der Waals surface area (Å²) in [7, 11) is 0. The molecule has 3 aromatic rings. The molecule has 2 heterocycles. The van der Waals surface area contributed by atoms with Gasteiger partial charge in [-0.15, -0.1) is 23.5 Å². The monoisotopic (exact) mass is 522 g/mol. The number of carbonyl (C=O) groups is 2. The molecule has 5 rings (SSSR count). The number of nitro benzene ring substituents is 2. The predicted molar refractivity (Wildman–Crippen MR) is 138 cm³/mol. The highest BCUT2D eigenvalue weighted by molar-refractivity contribution is 8.01. The fourth-order valence-corrected chi connectivity index (χ4v) is 6.59. The summed E-state index contributed by atoms with van der Waals surface area (Å²) in [5, 5.41) is 21.6. The summed E-state index contributed by atoms with van der Waals surface area (Å²) in [6.07, 6.45) is 0. The Labute approximate surface area is 213 Å². The van der Waals surface area contributed by atoms with Crippen LogP contribution in [-0.4, -0.2) is 33.2 Å². The molecule has 3 aromatic carbocycles. The maximum atomic E-state index is 12.7. The number of amides is 2. The molecule has 0 saturated carbocycles. The van der Waals surface area contributed by atoms with Crippen LogP contribution in [0.1, 0.15) is 21.9 Å². The third-order valence-electron chi connectivity index (χ3n) is 5.87. The van der Waals surface area contributed by atoms with E-state index < -0.39 is 20.6 Å². The fourth-order valence-electron chi connectivity index (χ4n) is 4.26. The van der Waals surface area contributed by atoms with Crippen LogP contribution < -0.4 is 9.80 Å². The third kappa shape index (κ3) is 4.40. The number of hydrogen-bond acceptors (Lipinski definition) is 8. The van der Waals surface area contributed by atoms with Gasteiger partial charge in [0.15, 0.2) is 0 Å². The lowest BCUT2D eigenvalue weighted by molar-refractivity contribution is -0.385. The van der Waals surface area contributed by atoms with Crippen LogP contribution in [0.3, 0.4) is 0 Å². The molecule has 12 heteroatoms. The minimum absolute atomic E-state index is 0.0417. The zero-order chi connectivity index (χ0) is 25.4. The highest BCUT2D eigenvalue weighted by Gasteiger charge is 2.37. The first-order chi connectivity index (χ1) is 17.3. The highest BCUT2D eigenvalue weighted by Crippen LogP contribution is 2.45. The van der Waals surface area contributed by atoms with Crippen LogP contribution in [0.2, 0.25) is 0 Å². The smallest absolute Gasteiger partial charge is 0.269 e. The van der Waals surface area contributed by atoms with Gasteiger partial charge in [-0.1, -0.05) is 24.3 Å². The van der Waals surface area contributed by atoms with E-state index in [1.165, 1.54) is 47.8 Å². The average Bonchev–Trinajstić information content (AvgIpc) is 3.46.